The van der Waals surface area contributed by atoms with E-state index in [2.05, 4.69) is 28.9 Å². The Balaban J connectivity index is 1.91. The average Bonchev–Trinajstić information content (AvgIpc) is 2.92. The van der Waals surface area contributed by atoms with E-state index in [-0.39, 0.29) is 12.1 Å². The fourth-order valence-corrected chi connectivity index (χ4v) is 4.58. The highest BCUT2D eigenvalue weighted by molar-refractivity contribution is 5.86. The third-order valence-electron chi connectivity index (χ3n) is 5.90. The van der Waals surface area contributed by atoms with E-state index in [4.69, 9.17) is 4.74 Å². The van der Waals surface area contributed by atoms with Gasteiger partial charge in [-0.05, 0) is 50.4 Å². The zero-order valence-electron chi connectivity index (χ0n) is 13.4. The molecule has 1 aromatic heterocycles. The monoisotopic (exact) mass is 300 g/mol. The maximum atomic E-state index is 9.92. The Morgan fingerprint density at radius 2 is 2.27 bits per heavy atom. The molecule has 4 heteroatoms. The molecule has 1 saturated heterocycles. The SMILES string of the molecule is COc1ccc2c3c([nH]c2c1)[C@@]1(C)[C@H](CO)CCCN1CC3. The first-order chi connectivity index (χ1) is 10.7. The van der Waals surface area contributed by atoms with Crippen LogP contribution in [-0.2, 0) is 12.0 Å². The minimum Gasteiger partial charge on any atom is -0.497 e. The first-order valence-electron chi connectivity index (χ1n) is 8.23. The molecule has 0 amide bonds. The molecule has 2 aliphatic heterocycles. The highest BCUT2D eigenvalue weighted by Gasteiger charge is 2.47. The van der Waals surface area contributed by atoms with E-state index in [9.17, 15) is 5.11 Å². The number of methoxy groups -OCH3 is 1. The lowest BCUT2D eigenvalue weighted by molar-refractivity contribution is -0.0303. The van der Waals surface area contributed by atoms with Gasteiger partial charge in [0.15, 0.2) is 0 Å². The molecule has 1 fully saturated rings. The number of rotatable bonds is 2. The number of fused-ring (bicyclic) bond motifs is 5. The number of ether oxygens (including phenoxy) is 1. The Hall–Kier alpha value is -1.52. The fraction of sp³-hybridized carbons (Fsp3) is 0.556. The predicted molar refractivity (Wildman–Crippen MR) is 87.3 cm³/mol. The van der Waals surface area contributed by atoms with E-state index in [1.54, 1.807) is 7.11 Å². The van der Waals surface area contributed by atoms with Crippen molar-refractivity contribution < 1.29 is 9.84 Å². The number of nitrogens with one attached hydrogen (secondary N) is 1. The number of benzene rings is 1. The van der Waals surface area contributed by atoms with Crippen molar-refractivity contribution in [1.29, 1.82) is 0 Å². The number of H-pyrrole nitrogens is 1. The van der Waals surface area contributed by atoms with Gasteiger partial charge >= 0.3 is 0 Å². The summed E-state index contributed by atoms with van der Waals surface area (Å²) in [7, 11) is 1.70. The standard InChI is InChI=1S/C18H24N2O2/c1-18-12(11-21)4-3-8-20(18)9-7-15-14-6-5-13(22-2)10-16(14)19-17(15)18/h5-6,10,12,19,21H,3-4,7-9,11H2,1-2H3/t12-,18+/m0/s1. The smallest absolute Gasteiger partial charge is 0.120 e. The van der Waals surface area contributed by atoms with Crippen molar-refractivity contribution in [2.24, 2.45) is 5.92 Å². The molecular weight excluding hydrogens is 276 g/mol. The summed E-state index contributed by atoms with van der Waals surface area (Å²) < 4.78 is 5.36. The molecule has 0 saturated carbocycles. The van der Waals surface area contributed by atoms with Crippen LogP contribution in [0.1, 0.15) is 31.0 Å². The average molecular weight is 300 g/mol. The van der Waals surface area contributed by atoms with Gasteiger partial charge in [-0.25, -0.2) is 0 Å². The van der Waals surface area contributed by atoms with Gasteiger partial charge in [-0.2, -0.15) is 0 Å². The molecule has 4 nitrogen and oxygen atoms in total. The molecule has 0 spiro atoms. The number of hydrogen-bond donors (Lipinski definition) is 2. The van der Waals surface area contributed by atoms with Gasteiger partial charge in [-0.15, -0.1) is 0 Å². The van der Waals surface area contributed by atoms with E-state index in [0.29, 0.717) is 5.92 Å². The van der Waals surface area contributed by atoms with E-state index < -0.39 is 0 Å². The molecule has 0 bridgehead atoms. The maximum absolute atomic E-state index is 9.92. The molecule has 0 aliphatic carbocycles. The van der Waals surface area contributed by atoms with E-state index >= 15 is 0 Å². The molecule has 0 unspecified atom stereocenters. The number of aromatic nitrogens is 1. The minimum absolute atomic E-state index is 0.0765. The Kier molecular flexibility index (Phi) is 3.20. The van der Waals surface area contributed by atoms with Gasteiger partial charge in [0, 0.05) is 41.7 Å². The molecule has 0 radical (unpaired) electrons. The summed E-state index contributed by atoms with van der Waals surface area (Å²) >= 11 is 0. The third-order valence-corrected chi connectivity index (χ3v) is 5.90. The second kappa shape index (κ2) is 5.00. The lowest BCUT2D eigenvalue weighted by atomic mass is 9.72. The molecule has 118 valence electrons. The third kappa shape index (κ3) is 1.77. The van der Waals surface area contributed by atoms with Crippen molar-refractivity contribution in [3.8, 4) is 5.75 Å². The molecule has 22 heavy (non-hydrogen) atoms. The normalized spacial score (nSPS) is 28.4. The number of nitrogens with zero attached hydrogens (tertiary/aromatic N) is 1. The highest BCUT2D eigenvalue weighted by Crippen LogP contribution is 2.47. The van der Waals surface area contributed by atoms with E-state index in [0.717, 1.165) is 37.2 Å². The zero-order valence-corrected chi connectivity index (χ0v) is 13.4. The van der Waals surface area contributed by atoms with Gasteiger partial charge in [0.25, 0.3) is 0 Å². The van der Waals surface area contributed by atoms with Crippen LogP contribution >= 0.6 is 0 Å². The second-order valence-corrected chi connectivity index (χ2v) is 6.80. The first-order valence-corrected chi connectivity index (χ1v) is 8.23. The fourth-order valence-electron chi connectivity index (χ4n) is 4.58. The lowest BCUT2D eigenvalue weighted by Crippen LogP contribution is -2.57. The van der Waals surface area contributed by atoms with Crippen molar-refractivity contribution in [3.63, 3.8) is 0 Å². The van der Waals surface area contributed by atoms with Crippen molar-refractivity contribution in [3.05, 3.63) is 29.5 Å². The topological polar surface area (TPSA) is 48.5 Å². The summed E-state index contributed by atoms with van der Waals surface area (Å²) in [6.07, 6.45) is 3.36. The van der Waals surface area contributed by atoms with Crippen LogP contribution in [0.4, 0.5) is 0 Å². The number of piperidine rings is 1. The molecule has 2 aromatic rings. The largest absolute Gasteiger partial charge is 0.497 e. The van der Waals surface area contributed by atoms with Crippen LogP contribution in [0, 0.1) is 5.92 Å². The van der Waals surface area contributed by atoms with Crippen LogP contribution in [0.5, 0.6) is 5.75 Å². The number of aliphatic hydroxyl groups excluding tert-OH is 1. The predicted octanol–water partition coefficient (Wildman–Crippen LogP) is 2.65. The Morgan fingerprint density at radius 3 is 3.05 bits per heavy atom. The molecule has 2 atom stereocenters. The number of hydrogen-bond acceptors (Lipinski definition) is 3. The number of aliphatic hydroxyl groups is 1. The molecule has 4 rings (SSSR count). The first kappa shape index (κ1) is 14.1. The van der Waals surface area contributed by atoms with Gasteiger partial charge in [-0.3, -0.25) is 4.90 Å². The number of aromatic amines is 1. The van der Waals surface area contributed by atoms with Crippen molar-refractivity contribution >= 4 is 10.9 Å². The maximum Gasteiger partial charge on any atom is 0.120 e. The van der Waals surface area contributed by atoms with Crippen LogP contribution in [-0.4, -0.2) is 41.8 Å². The summed E-state index contributed by atoms with van der Waals surface area (Å²) in [6.45, 7) is 4.77. The van der Waals surface area contributed by atoms with Crippen LogP contribution in [0.25, 0.3) is 10.9 Å². The molecular formula is C18H24N2O2. The lowest BCUT2D eigenvalue weighted by Gasteiger charge is -2.52. The Bertz CT molecular complexity index is 708. The van der Waals surface area contributed by atoms with Gasteiger partial charge in [0.05, 0.1) is 12.6 Å². The summed E-state index contributed by atoms with van der Waals surface area (Å²) in [4.78, 5) is 6.22. The van der Waals surface area contributed by atoms with Crippen molar-refractivity contribution in [1.82, 2.24) is 9.88 Å². The Labute approximate surface area is 131 Å². The van der Waals surface area contributed by atoms with Crippen LogP contribution < -0.4 is 4.74 Å². The van der Waals surface area contributed by atoms with Gasteiger partial charge in [0.1, 0.15) is 5.75 Å². The van der Waals surface area contributed by atoms with Crippen molar-refractivity contribution in [2.75, 3.05) is 26.8 Å². The van der Waals surface area contributed by atoms with Gasteiger partial charge < -0.3 is 14.8 Å². The summed E-state index contributed by atoms with van der Waals surface area (Å²) in [5, 5.41) is 11.2. The minimum atomic E-state index is -0.0765. The summed E-state index contributed by atoms with van der Waals surface area (Å²) in [5.74, 6) is 1.19. The summed E-state index contributed by atoms with van der Waals surface area (Å²) in [5.41, 5.74) is 3.81. The van der Waals surface area contributed by atoms with Crippen LogP contribution in [0.15, 0.2) is 18.2 Å². The van der Waals surface area contributed by atoms with Gasteiger partial charge in [0.2, 0.25) is 0 Å². The highest BCUT2D eigenvalue weighted by atomic mass is 16.5. The second-order valence-electron chi connectivity index (χ2n) is 6.80. The van der Waals surface area contributed by atoms with Crippen molar-refractivity contribution in [2.45, 2.75) is 31.7 Å². The van der Waals surface area contributed by atoms with Crippen LogP contribution in [0.3, 0.4) is 0 Å². The molecule has 2 aliphatic rings. The quantitative estimate of drug-likeness (QED) is 0.896. The van der Waals surface area contributed by atoms with Crippen LogP contribution in [0.2, 0.25) is 0 Å². The molecule has 3 heterocycles. The van der Waals surface area contributed by atoms with E-state index in [1.807, 2.05) is 6.07 Å². The zero-order chi connectivity index (χ0) is 15.3. The summed E-state index contributed by atoms with van der Waals surface area (Å²) in [6, 6.07) is 6.28. The van der Waals surface area contributed by atoms with E-state index in [1.165, 1.54) is 23.1 Å². The molecule has 1 aromatic carbocycles. The Morgan fingerprint density at radius 1 is 1.41 bits per heavy atom. The van der Waals surface area contributed by atoms with Gasteiger partial charge in [-0.1, -0.05) is 0 Å². The molecule has 2 N–H and O–H groups in total.